The van der Waals surface area contributed by atoms with Crippen LogP contribution in [0.25, 0.3) is 0 Å². The van der Waals surface area contributed by atoms with Crippen LogP contribution in [0.3, 0.4) is 0 Å². The van der Waals surface area contributed by atoms with Gasteiger partial charge in [0.15, 0.2) is 11.4 Å². The number of aliphatic hydroxyl groups excluding tert-OH is 1. The monoisotopic (exact) mass is 1120 g/mol. The average Bonchev–Trinajstić information content (AvgIpc) is 1.57. The van der Waals surface area contributed by atoms with Gasteiger partial charge in [0, 0.05) is 67.2 Å². The lowest BCUT2D eigenvalue weighted by atomic mass is 9.26. The summed E-state index contributed by atoms with van der Waals surface area (Å²) in [6.45, 7) is 3.93. The smallest absolute Gasteiger partial charge is 0.339 e. The second kappa shape index (κ2) is 17.8. The zero-order valence-electron chi connectivity index (χ0n) is 50.3. The predicted molar refractivity (Wildman–Crippen MR) is 321 cm³/mol. The molecule has 21 aliphatic rings. The van der Waals surface area contributed by atoms with E-state index in [1.807, 2.05) is 0 Å². The highest BCUT2D eigenvalue weighted by Crippen LogP contribution is 2.89. The number of nitrogens with two attached hydrogens (primary N) is 1. The van der Waals surface area contributed by atoms with Gasteiger partial charge in [-0.3, -0.25) is 9.69 Å². The molecule has 8 nitrogen and oxygen atoms in total. The van der Waals surface area contributed by atoms with Gasteiger partial charge in [-0.2, -0.15) is 0 Å². The third-order valence-electron chi connectivity index (χ3n) is 30.9. The molecule has 9 heterocycles. The van der Waals surface area contributed by atoms with E-state index in [2.05, 4.69) is 52.3 Å². The lowest BCUT2D eigenvalue weighted by molar-refractivity contribution is -0.283. The number of esters is 2. The van der Waals surface area contributed by atoms with Crippen molar-refractivity contribution >= 4 is 11.9 Å². The molecule has 12 aliphatic carbocycles. The zero-order chi connectivity index (χ0) is 55.0. The van der Waals surface area contributed by atoms with Gasteiger partial charge in [-0.1, -0.05) is 124 Å². The van der Waals surface area contributed by atoms with Crippen LogP contribution in [0.5, 0.6) is 0 Å². The molecule has 0 radical (unpaired) electrons. The summed E-state index contributed by atoms with van der Waals surface area (Å²) in [7, 11) is 0. The maximum Gasteiger partial charge on any atom is 0.339 e. The van der Waals surface area contributed by atoms with Crippen molar-refractivity contribution in [3.63, 3.8) is 0 Å². The minimum Gasteiger partial charge on any atom is -0.509 e. The number of hydrogen-bond acceptors (Lipinski definition) is 8. The van der Waals surface area contributed by atoms with Crippen LogP contribution in [0.4, 0.5) is 0 Å². The van der Waals surface area contributed by atoms with E-state index in [1.54, 1.807) is 16.8 Å². The molecule has 7 spiro atoms. The van der Waals surface area contributed by atoms with Crippen LogP contribution < -0.4 is 5.73 Å². The molecule has 22 rings (SSSR count). The van der Waals surface area contributed by atoms with E-state index < -0.39 is 16.4 Å². The normalized spacial score (nSPS) is 46.7. The maximum absolute atomic E-state index is 17.2. The van der Waals surface area contributed by atoms with Crippen LogP contribution in [0.2, 0.25) is 0 Å². The van der Waals surface area contributed by atoms with Crippen LogP contribution in [0.1, 0.15) is 227 Å². The first-order valence-corrected chi connectivity index (χ1v) is 35.7. The molecular weight excluding hydrogens is 1020 g/mol. The third-order valence-corrected chi connectivity index (χ3v) is 30.9. The highest BCUT2D eigenvalue weighted by atomic mass is 16.6. The number of piperidine rings is 2. The predicted octanol–water partition coefficient (Wildman–Crippen LogP) is 15.3. The molecule has 3 N–H and O–H groups in total. The Balaban J connectivity index is 0.874. The molecule has 0 aromatic heterocycles. The average molecular weight is 1120 g/mol. The number of fused-ring (bicyclic) bond motifs is 7. The summed E-state index contributed by atoms with van der Waals surface area (Å²) < 4.78 is 15.2. The van der Waals surface area contributed by atoms with E-state index in [1.165, 1.54) is 179 Å². The van der Waals surface area contributed by atoms with Crippen LogP contribution >= 0.6 is 0 Å². The second-order valence-electron chi connectivity index (χ2n) is 32.9. The van der Waals surface area contributed by atoms with Crippen molar-refractivity contribution in [2.24, 2.45) is 103 Å². The Hall–Kier alpha value is -3.62. The Morgan fingerprint density at radius 1 is 0.723 bits per heavy atom. The van der Waals surface area contributed by atoms with Crippen molar-refractivity contribution < 1.29 is 24.2 Å². The molecule has 83 heavy (non-hydrogen) atoms. The summed E-state index contributed by atoms with van der Waals surface area (Å²) in [6.07, 6.45) is 51.3. The lowest BCUT2D eigenvalue weighted by Crippen LogP contribution is -2.78. The van der Waals surface area contributed by atoms with Crippen molar-refractivity contribution in [1.29, 1.82) is 0 Å². The van der Waals surface area contributed by atoms with E-state index in [9.17, 15) is 5.11 Å². The Labute approximate surface area is 495 Å². The summed E-state index contributed by atoms with van der Waals surface area (Å²) in [5, 5.41) is 14.3. The molecule has 1 aromatic carbocycles. The summed E-state index contributed by atoms with van der Waals surface area (Å²) in [5.41, 5.74) is 13.7. The fourth-order valence-electron chi connectivity index (χ4n) is 28.6. The highest BCUT2D eigenvalue weighted by molar-refractivity contribution is 6.00. The first kappa shape index (κ1) is 51.4. The van der Waals surface area contributed by atoms with Crippen molar-refractivity contribution in [2.75, 3.05) is 26.2 Å². The van der Waals surface area contributed by atoms with E-state index in [0.29, 0.717) is 101 Å². The van der Waals surface area contributed by atoms with E-state index in [4.69, 9.17) is 15.2 Å². The SMILES string of the molecule is NCCCc1cccc2c1C(=O)OC21C2CC(C3CCCCC3)C=CC3C4=C5CCC16C(=C(O)CC(C1CC7(CCCC7)C7(CCCC78CCCC8)C1)N1CC7CC(C1)C1CCC8=C(C5C5C3C=CC3(CCCCC3)C5C8)N1C7)OC(=O)C426. The fraction of sp³-hybridized carbons (Fsp3) is 0.760. The Bertz CT molecular complexity index is 3110. The van der Waals surface area contributed by atoms with E-state index in [-0.39, 0.29) is 53.0 Å². The van der Waals surface area contributed by atoms with Gasteiger partial charge in [-0.05, 0) is 222 Å². The van der Waals surface area contributed by atoms with Gasteiger partial charge in [0.05, 0.1) is 11.0 Å². The number of nitrogens with zero attached hydrogens (tertiary/aromatic N) is 2. The maximum atomic E-state index is 17.2. The number of aliphatic hydroxyl groups is 1. The Morgan fingerprint density at radius 3 is 2.35 bits per heavy atom. The molecule has 8 heteroatoms. The van der Waals surface area contributed by atoms with Crippen LogP contribution in [0, 0.1) is 97.6 Å². The van der Waals surface area contributed by atoms with Gasteiger partial charge in [0.1, 0.15) is 11.2 Å². The standard InChI is InChI=1S/C75H97N3O5/c76-35-12-17-47-16-11-18-55-61(47)67(80)83-75(55)60-38-48(46-14-3-1-4-15-46)19-21-53-52-23-33-69(25-5-2-6-26-69)56-37-49-20-22-57-50-36-45-42-77(44-50)58(51-40-71(29-9-10-30-71)72(41-51)32-13-31-70(72)27-7-8-28-70)39-59(79)66-73(75)34-24-54(64(53)74(60,73)68(81)82-66)63(62(52)56)65(49)78(57)43-45/h11,16,18-19,21,23,33,45-46,48,50-53,56-58,60,62-63,79H,1-10,12-15,17,20,22,24-32,34-44,76H2. The van der Waals surface area contributed by atoms with Gasteiger partial charge in [0.2, 0.25) is 0 Å². The van der Waals surface area contributed by atoms with Gasteiger partial charge >= 0.3 is 11.9 Å². The third kappa shape index (κ3) is 6.12. The molecule has 442 valence electrons. The van der Waals surface area contributed by atoms with E-state index in [0.717, 1.165) is 50.0 Å². The molecule has 12 bridgehead atoms. The topological polar surface area (TPSA) is 105 Å². The molecule has 0 amide bonds. The molecule has 7 saturated carbocycles. The largest absolute Gasteiger partial charge is 0.509 e. The molecular formula is C75H97N3O5. The first-order chi connectivity index (χ1) is 40.6. The molecule has 9 aliphatic heterocycles. The number of allylic oxidation sites excluding steroid dienone is 6. The van der Waals surface area contributed by atoms with Gasteiger partial charge in [-0.15, -0.1) is 0 Å². The number of carbonyl (C=O) groups excluding carboxylic acids is 2. The van der Waals surface area contributed by atoms with Crippen LogP contribution in [-0.4, -0.2) is 65.1 Å². The minimum absolute atomic E-state index is 0.0444. The summed E-state index contributed by atoms with van der Waals surface area (Å²) >= 11 is 0. The van der Waals surface area contributed by atoms with Crippen LogP contribution in [0.15, 0.2) is 76.4 Å². The van der Waals surface area contributed by atoms with E-state index >= 15 is 9.59 Å². The van der Waals surface area contributed by atoms with Crippen LogP contribution in [-0.2, 0) is 26.3 Å². The number of carbonyl (C=O) groups is 2. The Kier molecular flexibility index (Phi) is 11.0. The zero-order valence-corrected chi connectivity index (χ0v) is 50.3. The Morgan fingerprint density at radius 2 is 1.52 bits per heavy atom. The van der Waals surface area contributed by atoms with Crippen molar-refractivity contribution in [1.82, 2.24) is 9.80 Å². The number of aryl methyl sites for hydroxylation is 1. The molecule has 17 atom stereocenters. The number of benzene rings is 1. The quantitative estimate of drug-likeness (QED) is 0.222. The van der Waals surface area contributed by atoms with Crippen molar-refractivity contribution in [3.05, 3.63) is 93.1 Å². The minimum atomic E-state index is -1.16. The van der Waals surface area contributed by atoms with Crippen molar-refractivity contribution in [2.45, 2.75) is 230 Å². The summed E-state index contributed by atoms with van der Waals surface area (Å²) in [4.78, 5) is 39.0. The van der Waals surface area contributed by atoms with Gasteiger partial charge in [0.25, 0.3) is 0 Å². The molecule has 3 saturated heterocycles. The van der Waals surface area contributed by atoms with Gasteiger partial charge in [-0.25, -0.2) is 4.79 Å². The summed E-state index contributed by atoms with van der Waals surface area (Å²) in [5.74, 6) is 4.27. The lowest BCUT2D eigenvalue weighted by Gasteiger charge is -2.74. The molecule has 10 fully saturated rings. The first-order valence-electron chi connectivity index (χ1n) is 35.7. The molecule has 1 aromatic rings. The second-order valence-corrected chi connectivity index (χ2v) is 32.9. The molecule has 17 unspecified atom stereocenters. The fourth-order valence-corrected chi connectivity index (χ4v) is 28.6. The number of rotatable bonds is 5. The van der Waals surface area contributed by atoms with Gasteiger partial charge < -0.3 is 25.2 Å². The number of hydrogen-bond donors (Lipinski definition) is 2. The highest BCUT2D eigenvalue weighted by Gasteiger charge is 2.94. The number of ether oxygens (including phenoxy) is 2. The van der Waals surface area contributed by atoms with Crippen molar-refractivity contribution in [3.8, 4) is 0 Å². The summed E-state index contributed by atoms with van der Waals surface area (Å²) in [6, 6.07) is 7.27.